The Balaban J connectivity index is 1.52. The molecule has 0 saturated heterocycles. The van der Waals surface area contributed by atoms with Gasteiger partial charge in [0.05, 0.1) is 23.7 Å². The van der Waals surface area contributed by atoms with Crippen molar-refractivity contribution < 1.29 is 14.3 Å². The maximum atomic E-state index is 12.1. The fourth-order valence-corrected chi connectivity index (χ4v) is 3.25. The number of aromatic nitrogens is 1. The van der Waals surface area contributed by atoms with Gasteiger partial charge in [-0.15, -0.1) is 11.3 Å². The average Bonchev–Trinajstić information content (AvgIpc) is 3.08. The van der Waals surface area contributed by atoms with Gasteiger partial charge in [0.2, 0.25) is 0 Å². The van der Waals surface area contributed by atoms with E-state index in [1.54, 1.807) is 35.6 Å². The van der Waals surface area contributed by atoms with E-state index in [2.05, 4.69) is 24.0 Å². The van der Waals surface area contributed by atoms with E-state index in [9.17, 15) is 4.79 Å². The molecule has 2 aromatic carbocycles. The lowest BCUT2D eigenvalue weighted by molar-refractivity contribution is -0.133. The molecule has 0 saturated carbocycles. The lowest BCUT2D eigenvalue weighted by Gasteiger charge is -2.06. The second-order valence-electron chi connectivity index (χ2n) is 5.87. The van der Waals surface area contributed by atoms with Crippen LogP contribution in [0.5, 0.6) is 11.5 Å². The maximum absolute atomic E-state index is 12.1. The Morgan fingerprint density at radius 1 is 1.04 bits per heavy atom. The van der Waals surface area contributed by atoms with Crippen molar-refractivity contribution in [2.75, 3.05) is 6.61 Å². The molecule has 1 heterocycles. The molecule has 0 spiro atoms. The van der Waals surface area contributed by atoms with Crippen molar-refractivity contribution in [3.8, 4) is 11.5 Å². The summed E-state index contributed by atoms with van der Waals surface area (Å²) in [4.78, 5) is 16.7. The number of carbonyl (C=O) groups is 1. The van der Waals surface area contributed by atoms with Crippen molar-refractivity contribution in [2.24, 2.45) is 0 Å². The quantitative estimate of drug-likeness (QED) is 0.429. The Bertz CT molecular complexity index is 828. The zero-order valence-corrected chi connectivity index (χ0v) is 15.5. The molecule has 0 amide bonds. The Morgan fingerprint density at radius 2 is 1.77 bits per heavy atom. The summed E-state index contributed by atoms with van der Waals surface area (Å²) in [5.41, 5.74) is 1.95. The lowest BCUT2D eigenvalue weighted by Crippen LogP contribution is -2.11. The summed E-state index contributed by atoms with van der Waals surface area (Å²) in [7, 11) is 0. The SMILES string of the molecule is CCCOc1ccc(OC(=O)Cc2csc(Cc3ccccc3)n2)cc1. The molecule has 3 aromatic rings. The molecule has 0 radical (unpaired) electrons. The van der Waals surface area contributed by atoms with Crippen LogP contribution in [0.25, 0.3) is 0 Å². The minimum atomic E-state index is -0.316. The van der Waals surface area contributed by atoms with Gasteiger partial charge in [0.25, 0.3) is 0 Å². The summed E-state index contributed by atoms with van der Waals surface area (Å²) in [6.45, 7) is 2.73. The van der Waals surface area contributed by atoms with E-state index in [-0.39, 0.29) is 12.4 Å². The molecule has 3 rings (SSSR count). The highest BCUT2D eigenvalue weighted by atomic mass is 32.1. The number of ether oxygens (including phenoxy) is 2. The molecule has 134 valence electrons. The number of benzene rings is 2. The van der Waals surface area contributed by atoms with E-state index in [1.807, 2.05) is 23.6 Å². The monoisotopic (exact) mass is 367 g/mol. The van der Waals surface area contributed by atoms with E-state index >= 15 is 0 Å². The highest BCUT2D eigenvalue weighted by Crippen LogP contribution is 2.19. The van der Waals surface area contributed by atoms with Gasteiger partial charge in [0.1, 0.15) is 11.5 Å². The van der Waals surface area contributed by atoms with Crippen LogP contribution in [-0.2, 0) is 17.6 Å². The molecule has 0 aliphatic rings. The first-order chi connectivity index (χ1) is 12.7. The van der Waals surface area contributed by atoms with E-state index < -0.39 is 0 Å². The third kappa shape index (κ3) is 5.43. The predicted molar refractivity (Wildman–Crippen MR) is 103 cm³/mol. The van der Waals surface area contributed by atoms with Crippen molar-refractivity contribution in [3.63, 3.8) is 0 Å². The van der Waals surface area contributed by atoms with Crippen molar-refractivity contribution in [1.29, 1.82) is 0 Å². The summed E-state index contributed by atoms with van der Waals surface area (Å²) in [6.07, 6.45) is 1.90. The molecule has 0 bridgehead atoms. The van der Waals surface area contributed by atoms with Crippen LogP contribution in [0.2, 0.25) is 0 Å². The minimum Gasteiger partial charge on any atom is -0.494 e. The fraction of sp³-hybridized carbons (Fsp3) is 0.238. The van der Waals surface area contributed by atoms with Crippen LogP contribution >= 0.6 is 11.3 Å². The van der Waals surface area contributed by atoms with Crippen molar-refractivity contribution in [2.45, 2.75) is 26.2 Å². The fourth-order valence-electron chi connectivity index (χ4n) is 2.42. The van der Waals surface area contributed by atoms with Crippen molar-refractivity contribution in [3.05, 3.63) is 76.2 Å². The van der Waals surface area contributed by atoms with Crippen LogP contribution in [0, 0.1) is 0 Å². The van der Waals surface area contributed by atoms with E-state index in [0.29, 0.717) is 12.4 Å². The molecule has 0 N–H and O–H groups in total. The van der Waals surface area contributed by atoms with Crippen molar-refractivity contribution in [1.82, 2.24) is 4.98 Å². The van der Waals surface area contributed by atoms with E-state index in [1.165, 1.54) is 5.56 Å². The van der Waals surface area contributed by atoms with Gasteiger partial charge >= 0.3 is 5.97 Å². The summed E-state index contributed by atoms with van der Waals surface area (Å²) >= 11 is 1.57. The first-order valence-corrected chi connectivity index (χ1v) is 9.51. The zero-order chi connectivity index (χ0) is 18.2. The van der Waals surface area contributed by atoms with Gasteiger partial charge in [-0.2, -0.15) is 0 Å². The Morgan fingerprint density at radius 3 is 2.50 bits per heavy atom. The number of nitrogens with zero attached hydrogens (tertiary/aromatic N) is 1. The third-order valence-corrected chi connectivity index (χ3v) is 4.55. The van der Waals surface area contributed by atoms with Gasteiger partial charge in [0, 0.05) is 11.8 Å². The maximum Gasteiger partial charge on any atom is 0.317 e. The molecule has 0 aliphatic heterocycles. The number of thiazole rings is 1. The number of rotatable bonds is 8. The summed E-state index contributed by atoms with van der Waals surface area (Å²) in [5, 5.41) is 2.91. The summed E-state index contributed by atoms with van der Waals surface area (Å²) in [6, 6.07) is 17.3. The number of hydrogen-bond donors (Lipinski definition) is 0. The minimum absolute atomic E-state index is 0.166. The predicted octanol–water partition coefficient (Wildman–Crippen LogP) is 4.67. The first-order valence-electron chi connectivity index (χ1n) is 8.63. The van der Waals surface area contributed by atoms with Crippen LogP contribution in [0.3, 0.4) is 0 Å². The van der Waals surface area contributed by atoms with Gasteiger partial charge in [-0.1, -0.05) is 37.3 Å². The van der Waals surface area contributed by atoms with Crippen LogP contribution in [0.1, 0.15) is 29.6 Å². The lowest BCUT2D eigenvalue weighted by atomic mass is 10.2. The summed E-state index contributed by atoms with van der Waals surface area (Å²) in [5.74, 6) is 0.971. The Labute approximate surface area is 157 Å². The molecule has 1 aromatic heterocycles. The zero-order valence-electron chi connectivity index (χ0n) is 14.7. The van der Waals surface area contributed by atoms with E-state index in [0.717, 1.165) is 29.3 Å². The molecular formula is C21H21NO3S. The highest BCUT2D eigenvalue weighted by Gasteiger charge is 2.10. The third-order valence-electron chi connectivity index (χ3n) is 3.65. The number of carbonyl (C=O) groups excluding carboxylic acids is 1. The van der Waals surface area contributed by atoms with Crippen LogP contribution < -0.4 is 9.47 Å². The van der Waals surface area contributed by atoms with Crippen LogP contribution in [0.4, 0.5) is 0 Å². The van der Waals surface area contributed by atoms with Crippen LogP contribution in [0.15, 0.2) is 60.0 Å². The second-order valence-corrected chi connectivity index (χ2v) is 6.81. The average molecular weight is 367 g/mol. The molecular weight excluding hydrogens is 346 g/mol. The smallest absolute Gasteiger partial charge is 0.317 e. The molecule has 0 aliphatic carbocycles. The standard InChI is InChI=1S/C21H21NO3S/c1-2-12-24-18-8-10-19(11-9-18)25-21(23)14-17-15-26-20(22-17)13-16-6-4-3-5-7-16/h3-11,15H,2,12-14H2,1H3. The van der Waals surface area contributed by atoms with Gasteiger partial charge in [-0.25, -0.2) is 4.98 Å². The largest absolute Gasteiger partial charge is 0.494 e. The highest BCUT2D eigenvalue weighted by molar-refractivity contribution is 7.09. The van der Waals surface area contributed by atoms with Crippen molar-refractivity contribution >= 4 is 17.3 Å². The Kier molecular flexibility index (Phi) is 6.39. The van der Waals surface area contributed by atoms with E-state index in [4.69, 9.17) is 9.47 Å². The molecule has 26 heavy (non-hydrogen) atoms. The van der Waals surface area contributed by atoms with Gasteiger partial charge in [-0.3, -0.25) is 4.79 Å². The van der Waals surface area contributed by atoms with Gasteiger partial charge in [0.15, 0.2) is 0 Å². The summed E-state index contributed by atoms with van der Waals surface area (Å²) < 4.78 is 10.9. The number of hydrogen-bond acceptors (Lipinski definition) is 5. The topological polar surface area (TPSA) is 48.4 Å². The Hall–Kier alpha value is -2.66. The normalized spacial score (nSPS) is 10.5. The van der Waals surface area contributed by atoms with Gasteiger partial charge < -0.3 is 9.47 Å². The second kappa shape index (κ2) is 9.15. The van der Waals surface area contributed by atoms with Gasteiger partial charge in [-0.05, 0) is 36.2 Å². The molecule has 5 heteroatoms. The number of esters is 1. The molecule has 0 atom stereocenters. The molecule has 0 unspecified atom stereocenters. The molecule has 4 nitrogen and oxygen atoms in total. The molecule has 0 fully saturated rings. The first kappa shape index (κ1) is 18.1. The van der Waals surface area contributed by atoms with Crippen LogP contribution in [-0.4, -0.2) is 17.6 Å².